The normalized spacial score (nSPS) is 10.8. The summed E-state index contributed by atoms with van der Waals surface area (Å²) in [6.45, 7) is 2.27. The predicted octanol–water partition coefficient (Wildman–Crippen LogP) is 2.91. The number of aliphatic hydroxyl groups excluding tert-OH is 1. The average molecular weight is 271 g/mol. The maximum Gasteiger partial charge on any atom is 0.292 e. The van der Waals surface area contributed by atoms with Gasteiger partial charge >= 0.3 is 0 Å². The van der Waals surface area contributed by atoms with Crippen molar-refractivity contribution in [3.05, 3.63) is 45.0 Å². The van der Waals surface area contributed by atoms with Crippen molar-refractivity contribution in [2.45, 2.75) is 13.3 Å². The number of rotatable bonds is 6. The zero-order chi connectivity index (χ0) is 13.5. The highest BCUT2D eigenvalue weighted by molar-refractivity contribution is 6.31. The number of nitro benzene ring substituents is 1. The molecule has 0 spiro atoms. The van der Waals surface area contributed by atoms with Gasteiger partial charge in [-0.05, 0) is 25.0 Å². The maximum absolute atomic E-state index is 10.9. The molecule has 6 heteroatoms. The lowest BCUT2D eigenvalue weighted by Gasteiger charge is -2.09. The van der Waals surface area contributed by atoms with Gasteiger partial charge in [-0.1, -0.05) is 23.8 Å². The van der Waals surface area contributed by atoms with E-state index in [0.717, 1.165) is 0 Å². The minimum absolute atomic E-state index is 0.00691. The highest BCUT2D eigenvalue weighted by Crippen LogP contribution is 2.32. The fourth-order valence-corrected chi connectivity index (χ4v) is 1.64. The minimum atomic E-state index is -0.441. The summed E-state index contributed by atoms with van der Waals surface area (Å²) in [4.78, 5) is 10.5. The quantitative estimate of drug-likeness (QED) is 0.473. The second-order valence-electron chi connectivity index (χ2n) is 3.69. The summed E-state index contributed by atoms with van der Waals surface area (Å²) in [6, 6.07) is 2.90. The predicted molar refractivity (Wildman–Crippen MR) is 72.2 cm³/mol. The molecule has 18 heavy (non-hydrogen) atoms. The van der Waals surface area contributed by atoms with Gasteiger partial charge in [-0.3, -0.25) is 10.1 Å². The van der Waals surface area contributed by atoms with E-state index in [1.807, 2.05) is 0 Å². The number of hydrogen-bond donors (Lipinski definition) is 2. The van der Waals surface area contributed by atoms with Crippen LogP contribution in [0.5, 0.6) is 0 Å². The topological polar surface area (TPSA) is 75.4 Å². The zero-order valence-corrected chi connectivity index (χ0v) is 10.8. The van der Waals surface area contributed by atoms with Crippen LogP contribution < -0.4 is 5.32 Å². The van der Waals surface area contributed by atoms with Crippen LogP contribution in [-0.2, 0) is 0 Å². The van der Waals surface area contributed by atoms with E-state index in [0.29, 0.717) is 29.2 Å². The van der Waals surface area contributed by atoms with Crippen LogP contribution in [-0.4, -0.2) is 23.2 Å². The Morgan fingerprint density at radius 2 is 2.22 bits per heavy atom. The number of benzene rings is 1. The molecule has 0 radical (unpaired) electrons. The standard InChI is InChI=1S/C12H15ClN2O3/c1-9-10(13)5-6-11(15(17)18)12(9)14-7-3-2-4-8-16/h2-3,5-6,14,16H,4,7-8H2,1H3/b3-2+. The van der Waals surface area contributed by atoms with E-state index in [2.05, 4.69) is 5.32 Å². The Balaban J connectivity index is 2.85. The number of halogens is 1. The molecule has 0 atom stereocenters. The fraction of sp³-hybridized carbons (Fsp3) is 0.333. The lowest BCUT2D eigenvalue weighted by Crippen LogP contribution is -2.04. The molecule has 0 unspecified atom stereocenters. The zero-order valence-electron chi connectivity index (χ0n) is 10.0. The van der Waals surface area contributed by atoms with Crippen molar-refractivity contribution in [1.29, 1.82) is 0 Å². The Hall–Kier alpha value is -1.59. The number of nitrogens with one attached hydrogen (secondary N) is 1. The molecule has 1 rings (SSSR count). The van der Waals surface area contributed by atoms with Crippen molar-refractivity contribution < 1.29 is 10.0 Å². The third-order valence-electron chi connectivity index (χ3n) is 2.43. The Kier molecular flexibility index (Phi) is 5.61. The van der Waals surface area contributed by atoms with Gasteiger partial charge in [0.25, 0.3) is 5.69 Å². The molecule has 0 amide bonds. The lowest BCUT2D eigenvalue weighted by atomic mass is 10.1. The van der Waals surface area contributed by atoms with Gasteiger partial charge in [0.15, 0.2) is 0 Å². The van der Waals surface area contributed by atoms with E-state index in [1.165, 1.54) is 12.1 Å². The van der Waals surface area contributed by atoms with Gasteiger partial charge in [-0.25, -0.2) is 0 Å². The molecule has 0 heterocycles. The van der Waals surface area contributed by atoms with Gasteiger partial charge < -0.3 is 10.4 Å². The van der Waals surface area contributed by atoms with E-state index in [-0.39, 0.29) is 12.3 Å². The summed E-state index contributed by atoms with van der Waals surface area (Å²) in [5.74, 6) is 0. The van der Waals surface area contributed by atoms with E-state index in [9.17, 15) is 10.1 Å². The summed E-state index contributed by atoms with van der Waals surface area (Å²) in [7, 11) is 0. The van der Waals surface area contributed by atoms with Crippen LogP contribution in [0.2, 0.25) is 5.02 Å². The molecule has 0 aliphatic carbocycles. The van der Waals surface area contributed by atoms with Gasteiger partial charge in [0.1, 0.15) is 5.69 Å². The number of nitro groups is 1. The molecule has 0 saturated carbocycles. The molecule has 0 bridgehead atoms. The molecule has 0 aliphatic rings. The largest absolute Gasteiger partial charge is 0.396 e. The van der Waals surface area contributed by atoms with Crippen LogP contribution in [0.15, 0.2) is 24.3 Å². The van der Waals surface area contributed by atoms with E-state index < -0.39 is 4.92 Å². The summed E-state index contributed by atoms with van der Waals surface area (Å²) in [5.41, 5.74) is 1.09. The van der Waals surface area contributed by atoms with Gasteiger partial charge in [-0.2, -0.15) is 0 Å². The first kappa shape index (κ1) is 14.5. The highest BCUT2D eigenvalue weighted by Gasteiger charge is 2.16. The third-order valence-corrected chi connectivity index (χ3v) is 2.84. The van der Waals surface area contributed by atoms with Gasteiger partial charge in [0, 0.05) is 24.2 Å². The van der Waals surface area contributed by atoms with Crippen molar-refractivity contribution in [1.82, 2.24) is 0 Å². The van der Waals surface area contributed by atoms with Crippen molar-refractivity contribution in [2.24, 2.45) is 0 Å². The van der Waals surface area contributed by atoms with Crippen LogP contribution in [0.25, 0.3) is 0 Å². The minimum Gasteiger partial charge on any atom is -0.396 e. The maximum atomic E-state index is 10.9. The van der Waals surface area contributed by atoms with E-state index in [4.69, 9.17) is 16.7 Å². The van der Waals surface area contributed by atoms with Crippen molar-refractivity contribution in [2.75, 3.05) is 18.5 Å². The van der Waals surface area contributed by atoms with Crippen LogP contribution in [0.4, 0.5) is 11.4 Å². The third kappa shape index (κ3) is 3.72. The van der Waals surface area contributed by atoms with E-state index >= 15 is 0 Å². The van der Waals surface area contributed by atoms with Gasteiger partial charge in [0.2, 0.25) is 0 Å². The number of aliphatic hydroxyl groups is 1. The number of anilines is 1. The first-order chi connectivity index (χ1) is 8.57. The molecular formula is C12H15ClN2O3. The molecule has 2 N–H and O–H groups in total. The van der Waals surface area contributed by atoms with Crippen LogP contribution in [0.3, 0.4) is 0 Å². The SMILES string of the molecule is Cc1c(Cl)ccc([N+](=O)[O-])c1NC/C=C/CCO. The second kappa shape index (κ2) is 6.98. The summed E-state index contributed by atoms with van der Waals surface area (Å²) < 4.78 is 0. The van der Waals surface area contributed by atoms with Crippen molar-refractivity contribution >= 4 is 23.0 Å². The van der Waals surface area contributed by atoms with Crippen LogP contribution in [0.1, 0.15) is 12.0 Å². The highest BCUT2D eigenvalue weighted by atomic mass is 35.5. The van der Waals surface area contributed by atoms with Crippen LogP contribution in [0, 0.1) is 17.0 Å². The number of nitrogens with zero attached hydrogens (tertiary/aromatic N) is 1. The molecule has 5 nitrogen and oxygen atoms in total. The van der Waals surface area contributed by atoms with Crippen molar-refractivity contribution in [3.63, 3.8) is 0 Å². The smallest absolute Gasteiger partial charge is 0.292 e. The first-order valence-corrected chi connectivity index (χ1v) is 5.89. The first-order valence-electron chi connectivity index (χ1n) is 5.51. The molecule has 0 aromatic heterocycles. The van der Waals surface area contributed by atoms with E-state index in [1.54, 1.807) is 19.1 Å². The fourth-order valence-electron chi connectivity index (χ4n) is 1.48. The molecule has 0 saturated heterocycles. The van der Waals surface area contributed by atoms with Crippen molar-refractivity contribution in [3.8, 4) is 0 Å². The Bertz CT molecular complexity index is 461. The Labute approximate surface area is 110 Å². The molecule has 1 aromatic rings. The average Bonchev–Trinajstić information content (AvgIpc) is 2.33. The molecule has 0 aliphatic heterocycles. The summed E-state index contributed by atoms with van der Waals surface area (Å²) in [6.07, 6.45) is 4.18. The summed E-state index contributed by atoms with van der Waals surface area (Å²) in [5, 5.41) is 22.9. The second-order valence-corrected chi connectivity index (χ2v) is 4.10. The molecule has 98 valence electrons. The molecular weight excluding hydrogens is 256 g/mol. The number of hydrogen-bond acceptors (Lipinski definition) is 4. The molecule has 0 fully saturated rings. The van der Waals surface area contributed by atoms with Crippen LogP contribution >= 0.6 is 11.6 Å². The summed E-state index contributed by atoms with van der Waals surface area (Å²) >= 11 is 5.94. The van der Waals surface area contributed by atoms with Gasteiger partial charge in [-0.15, -0.1) is 0 Å². The lowest BCUT2D eigenvalue weighted by molar-refractivity contribution is -0.384. The monoisotopic (exact) mass is 270 g/mol. The van der Waals surface area contributed by atoms with Gasteiger partial charge in [0.05, 0.1) is 4.92 Å². The Morgan fingerprint density at radius 1 is 1.50 bits per heavy atom. The molecule has 1 aromatic carbocycles. The Morgan fingerprint density at radius 3 is 2.83 bits per heavy atom.